The van der Waals surface area contributed by atoms with Crippen LogP contribution in [-0.2, 0) is 6.54 Å². The lowest BCUT2D eigenvalue weighted by Crippen LogP contribution is -1.91. The van der Waals surface area contributed by atoms with Crippen molar-refractivity contribution >= 4 is 0 Å². The molecule has 0 spiro atoms. The van der Waals surface area contributed by atoms with E-state index in [4.69, 9.17) is 10.3 Å². The lowest BCUT2D eigenvalue weighted by atomic mass is 10.2. The third kappa shape index (κ3) is 2.43. The van der Waals surface area contributed by atoms with E-state index in [1.807, 2.05) is 6.92 Å². The molecule has 0 aliphatic heterocycles. The van der Waals surface area contributed by atoms with Crippen molar-refractivity contribution in [2.45, 2.75) is 13.5 Å². The summed E-state index contributed by atoms with van der Waals surface area (Å²) in [4.78, 5) is 0. The Kier molecular flexibility index (Phi) is 3.25. The van der Waals surface area contributed by atoms with Gasteiger partial charge < -0.3 is 9.84 Å². The molecule has 0 saturated heterocycles. The molecule has 4 nitrogen and oxygen atoms in total. The average Bonchev–Trinajstić information content (AvgIpc) is 2.10. The Morgan fingerprint density at radius 2 is 2.31 bits per heavy atom. The second kappa shape index (κ2) is 4.45. The fourth-order valence-electron chi connectivity index (χ4n) is 1.02. The van der Waals surface area contributed by atoms with Gasteiger partial charge in [0, 0.05) is 11.6 Å². The van der Waals surface area contributed by atoms with E-state index in [0.29, 0.717) is 17.9 Å². The van der Waals surface area contributed by atoms with Gasteiger partial charge in [0.15, 0.2) is 0 Å². The molecule has 1 aromatic carbocycles. The summed E-state index contributed by atoms with van der Waals surface area (Å²) in [6.07, 6.45) is 0. The molecule has 0 amide bonds. The minimum absolute atomic E-state index is 0.127. The molecule has 1 rings (SSSR count). The lowest BCUT2D eigenvalue weighted by Gasteiger charge is -2.05. The van der Waals surface area contributed by atoms with Gasteiger partial charge in [-0.1, -0.05) is 0 Å². The standard InChI is InChI=1S/C9H12N2O2/c1-2-13-8-4-3-7(6-11-10)9(12)5-8/h3-5,10,12H,2,6H2,1H3. The van der Waals surface area contributed by atoms with Crippen LogP contribution in [0.3, 0.4) is 0 Å². The van der Waals surface area contributed by atoms with Gasteiger partial charge in [0.1, 0.15) is 11.5 Å². The van der Waals surface area contributed by atoms with E-state index in [1.54, 1.807) is 12.1 Å². The zero-order valence-corrected chi connectivity index (χ0v) is 7.45. The molecule has 13 heavy (non-hydrogen) atoms. The fourth-order valence-corrected chi connectivity index (χ4v) is 1.02. The van der Waals surface area contributed by atoms with Crippen molar-refractivity contribution in [2.75, 3.05) is 6.61 Å². The topological polar surface area (TPSA) is 65.7 Å². The molecule has 0 bridgehead atoms. The van der Waals surface area contributed by atoms with Crippen LogP contribution in [0.15, 0.2) is 23.3 Å². The van der Waals surface area contributed by atoms with Gasteiger partial charge in [-0.05, 0) is 19.1 Å². The van der Waals surface area contributed by atoms with Crippen LogP contribution in [-0.4, -0.2) is 11.7 Å². The number of phenols is 1. The van der Waals surface area contributed by atoms with Crippen LogP contribution in [0.4, 0.5) is 0 Å². The van der Waals surface area contributed by atoms with Gasteiger partial charge in [-0.3, -0.25) is 0 Å². The second-order valence-corrected chi connectivity index (χ2v) is 2.54. The molecule has 4 heteroatoms. The predicted molar refractivity (Wildman–Crippen MR) is 48.1 cm³/mol. The van der Waals surface area contributed by atoms with E-state index >= 15 is 0 Å². The molecule has 0 unspecified atom stereocenters. The molecule has 0 aliphatic rings. The number of nitrogens with zero attached hydrogens (tertiary/aromatic N) is 1. The Morgan fingerprint density at radius 1 is 1.54 bits per heavy atom. The van der Waals surface area contributed by atoms with E-state index in [0.717, 1.165) is 0 Å². The summed E-state index contributed by atoms with van der Waals surface area (Å²) in [5.74, 6) is 0.760. The van der Waals surface area contributed by atoms with Crippen molar-refractivity contribution in [2.24, 2.45) is 5.11 Å². The minimum Gasteiger partial charge on any atom is -0.507 e. The maximum atomic E-state index is 9.43. The number of phenolic OH excluding ortho intramolecular Hbond substituents is 1. The zero-order valence-electron chi connectivity index (χ0n) is 7.45. The first kappa shape index (κ1) is 9.51. The Bertz CT molecular complexity index is 300. The highest BCUT2D eigenvalue weighted by Crippen LogP contribution is 2.23. The van der Waals surface area contributed by atoms with Crippen molar-refractivity contribution in [3.05, 3.63) is 23.8 Å². The summed E-state index contributed by atoms with van der Waals surface area (Å²) in [7, 11) is 0. The molecule has 0 aromatic heterocycles. The summed E-state index contributed by atoms with van der Waals surface area (Å²) in [6.45, 7) is 2.66. The van der Waals surface area contributed by atoms with Crippen molar-refractivity contribution < 1.29 is 9.84 Å². The first-order valence-electron chi connectivity index (χ1n) is 4.05. The Hall–Kier alpha value is -1.58. The summed E-state index contributed by atoms with van der Waals surface area (Å²) in [5, 5.41) is 12.6. The maximum absolute atomic E-state index is 9.43. The van der Waals surface area contributed by atoms with Crippen LogP contribution in [0.5, 0.6) is 11.5 Å². The number of rotatable bonds is 4. The van der Waals surface area contributed by atoms with Crippen LogP contribution < -0.4 is 4.74 Å². The molecule has 1 aromatic rings. The van der Waals surface area contributed by atoms with Gasteiger partial charge in [-0.15, -0.1) is 0 Å². The van der Waals surface area contributed by atoms with Gasteiger partial charge in [-0.2, -0.15) is 5.11 Å². The second-order valence-electron chi connectivity index (χ2n) is 2.54. The van der Waals surface area contributed by atoms with E-state index in [-0.39, 0.29) is 12.3 Å². The van der Waals surface area contributed by atoms with Gasteiger partial charge in [0.05, 0.1) is 13.2 Å². The first-order valence-corrected chi connectivity index (χ1v) is 4.05. The molecule has 70 valence electrons. The summed E-state index contributed by atoms with van der Waals surface area (Å²) >= 11 is 0. The zero-order chi connectivity index (χ0) is 9.68. The molecule has 0 aliphatic carbocycles. The van der Waals surface area contributed by atoms with Crippen LogP contribution >= 0.6 is 0 Å². The number of benzene rings is 1. The number of hydrogen-bond acceptors (Lipinski definition) is 4. The predicted octanol–water partition coefficient (Wildman–Crippen LogP) is 2.32. The van der Waals surface area contributed by atoms with E-state index in [2.05, 4.69) is 5.11 Å². The van der Waals surface area contributed by atoms with Gasteiger partial charge in [0.2, 0.25) is 0 Å². The smallest absolute Gasteiger partial charge is 0.124 e. The molecule has 0 heterocycles. The number of aromatic hydroxyl groups is 1. The summed E-state index contributed by atoms with van der Waals surface area (Å²) < 4.78 is 5.18. The third-order valence-corrected chi connectivity index (χ3v) is 1.62. The molecule has 0 saturated carbocycles. The van der Waals surface area contributed by atoms with Gasteiger partial charge >= 0.3 is 0 Å². The molecule has 0 radical (unpaired) electrons. The molecular formula is C9H12N2O2. The van der Waals surface area contributed by atoms with Crippen molar-refractivity contribution in [1.82, 2.24) is 0 Å². The number of hydrogen-bond donors (Lipinski definition) is 2. The number of ether oxygens (including phenoxy) is 1. The summed E-state index contributed by atoms with van der Waals surface area (Å²) in [6, 6.07) is 4.99. The largest absolute Gasteiger partial charge is 0.507 e. The fraction of sp³-hybridized carbons (Fsp3) is 0.333. The minimum atomic E-state index is 0.127. The van der Waals surface area contributed by atoms with Gasteiger partial charge in [0.25, 0.3) is 0 Å². The Balaban J connectivity index is 2.84. The first-order chi connectivity index (χ1) is 6.27. The third-order valence-electron chi connectivity index (χ3n) is 1.62. The van der Waals surface area contributed by atoms with E-state index in [9.17, 15) is 5.11 Å². The highest BCUT2D eigenvalue weighted by Gasteiger charge is 2.01. The highest BCUT2D eigenvalue weighted by molar-refractivity contribution is 5.39. The van der Waals surface area contributed by atoms with Crippen LogP contribution in [0, 0.1) is 5.53 Å². The molecule has 2 N–H and O–H groups in total. The van der Waals surface area contributed by atoms with E-state index in [1.165, 1.54) is 6.07 Å². The van der Waals surface area contributed by atoms with Crippen LogP contribution in [0.25, 0.3) is 0 Å². The molecule has 0 fully saturated rings. The molecule has 0 atom stereocenters. The maximum Gasteiger partial charge on any atom is 0.124 e. The van der Waals surface area contributed by atoms with Crippen molar-refractivity contribution in [1.29, 1.82) is 5.53 Å². The highest BCUT2D eigenvalue weighted by atomic mass is 16.5. The van der Waals surface area contributed by atoms with Gasteiger partial charge in [-0.25, -0.2) is 5.53 Å². The Morgan fingerprint density at radius 3 is 2.85 bits per heavy atom. The number of nitrogens with one attached hydrogen (secondary N) is 1. The normalized spacial score (nSPS) is 9.62. The average molecular weight is 180 g/mol. The van der Waals surface area contributed by atoms with Crippen LogP contribution in [0.2, 0.25) is 0 Å². The lowest BCUT2D eigenvalue weighted by molar-refractivity contribution is 0.337. The van der Waals surface area contributed by atoms with E-state index < -0.39 is 0 Å². The Labute approximate surface area is 76.7 Å². The van der Waals surface area contributed by atoms with Crippen LogP contribution in [0.1, 0.15) is 12.5 Å². The quantitative estimate of drug-likeness (QED) is 0.698. The monoisotopic (exact) mass is 180 g/mol. The van der Waals surface area contributed by atoms with Crippen molar-refractivity contribution in [3.8, 4) is 11.5 Å². The SMILES string of the molecule is CCOc1ccc(CN=N)c(O)c1. The van der Waals surface area contributed by atoms with Crippen molar-refractivity contribution in [3.63, 3.8) is 0 Å². The molecular weight excluding hydrogens is 168 g/mol. The summed E-state index contributed by atoms with van der Waals surface area (Å²) in [5.41, 5.74) is 7.29.